The molecule has 0 fully saturated rings. The second kappa shape index (κ2) is 7.21. The Labute approximate surface area is 92.0 Å². The summed E-state index contributed by atoms with van der Waals surface area (Å²) in [6, 6.07) is 10.2. The van der Waals surface area contributed by atoms with Gasteiger partial charge in [0.2, 0.25) is 0 Å². The van der Waals surface area contributed by atoms with Crippen LogP contribution in [0.25, 0.3) is 5.57 Å². The molecule has 0 saturated carbocycles. The molecule has 0 atom stereocenters. The van der Waals surface area contributed by atoms with E-state index in [0.29, 0.717) is 0 Å². The van der Waals surface area contributed by atoms with E-state index in [0.717, 1.165) is 31.9 Å². The lowest BCUT2D eigenvalue weighted by molar-refractivity contribution is 0.150. The van der Waals surface area contributed by atoms with Crippen molar-refractivity contribution < 1.29 is 4.74 Å². The fourth-order valence-corrected chi connectivity index (χ4v) is 1.30. The molecule has 1 aromatic rings. The van der Waals surface area contributed by atoms with Gasteiger partial charge in [0.1, 0.15) is 0 Å². The minimum absolute atomic E-state index is 0.762. The van der Waals surface area contributed by atoms with E-state index in [1.807, 2.05) is 25.1 Å². The zero-order valence-corrected chi connectivity index (χ0v) is 9.33. The normalized spacial score (nSPS) is 10.2. The topological polar surface area (TPSA) is 21.3 Å². The van der Waals surface area contributed by atoms with Crippen molar-refractivity contribution in [3.05, 3.63) is 42.5 Å². The number of hydrogen-bond donors (Lipinski definition) is 1. The molecule has 0 aliphatic rings. The Bertz CT molecular complexity index is 282. The van der Waals surface area contributed by atoms with Crippen LogP contribution >= 0.6 is 0 Å². The zero-order chi connectivity index (χ0) is 10.9. The highest BCUT2D eigenvalue weighted by Crippen LogP contribution is 2.09. The second-order valence-electron chi connectivity index (χ2n) is 3.34. The molecule has 0 saturated heterocycles. The summed E-state index contributed by atoms with van der Waals surface area (Å²) in [5.41, 5.74) is 2.31. The van der Waals surface area contributed by atoms with Crippen molar-refractivity contribution in [1.29, 1.82) is 0 Å². The molecule has 82 valence electrons. The number of ether oxygens (including phenoxy) is 1. The SMILES string of the molecule is C=C(CNCCOCC)c1ccccc1. The van der Waals surface area contributed by atoms with Crippen LogP contribution in [0.5, 0.6) is 0 Å². The van der Waals surface area contributed by atoms with Crippen LogP contribution in [0.4, 0.5) is 0 Å². The molecular weight excluding hydrogens is 186 g/mol. The van der Waals surface area contributed by atoms with Crippen molar-refractivity contribution in [2.24, 2.45) is 0 Å². The van der Waals surface area contributed by atoms with Gasteiger partial charge in [-0.1, -0.05) is 36.9 Å². The van der Waals surface area contributed by atoms with Gasteiger partial charge in [-0.25, -0.2) is 0 Å². The third-order valence-corrected chi connectivity index (χ3v) is 2.15. The van der Waals surface area contributed by atoms with Crippen LogP contribution in [0.15, 0.2) is 36.9 Å². The molecule has 0 heterocycles. The molecule has 0 aromatic heterocycles. The molecule has 0 spiro atoms. The van der Waals surface area contributed by atoms with E-state index >= 15 is 0 Å². The first-order chi connectivity index (χ1) is 7.34. The molecule has 0 aliphatic carbocycles. The van der Waals surface area contributed by atoms with Crippen molar-refractivity contribution in [2.45, 2.75) is 6.92 Å². The van der Waals surface area contributed by atoms with Crippen LogP contribution in [-0.4, -0.2) is 26.3 Å². The van der Waals surface area contributed by atoms with Crippen molar-refractivity contribution in [3.8, 4) is 0 Å². The molecule has 0 bridgehead atoms. The van der Waals surface area contributed by atoms with Crippen molar-refractivity contribution in [2.75, 3.05) is 26.3 Å². The van der Waals surface area contributed by atoms with Gasteiger partial charge in [0, 0.05) is 19.7 Å². The highest BCUT2D eigenvalue weighted by atomic mass is 16.5. The van der Waals surface area contributed by atoms with Crippen LogP contribution in [0.3, 0.4) is 0 Å². The molecule has 0 amide bonds. The van der Waals surface area contributed by atoms with Crippen molar-refractivity contribution in [3.63, 3.8) is 0 Å². The predicted octanol–water partition coefficient (Wildman–Crippen LogP) is 2.33. The number of benzene rings is 1. The molecule has 15 heavy (non-hydrogen) atoms. The molecule has 1 aromatic carbocycles. The van der Waals surface area contributed by atoms with Gasteiger partial charge >= 0.3 is 0 Å². The average Bonchev–Trinajstić information content (AvgIpc) is 2.30. The van der Waals surface area contributed by atoms with Crippen LogP contribution in [-0.2, 0) is 4.74 Å². The van der Waals surface area contributed by atoms with Crippen molar-refractivity contribution in [1.82, 2.24) is 5.32 Å². The Morgan fingerprint density at radius 1 is 1.33 bits per heavy atom. The third-order valence-electron chi connectivity index (χ3n) is 2.15. The lowest BCUT2D eigenvalue weighted by Crippen LogP contribution is -2.21. The van der Waals surface area contributed by atoms with Gasteiger partial charge in [-0.05, 0) is 18.1 Å². The number of hydrogen-bond acceptors (Lipinski definition) is 2. The van der Waals surface area contributed by atoms with Crippen LogP contribution in [0.2, 0.25) is 0 Å². The molecule has 1 rings (SSSR count). The molecule has 0 aliphatic heterocycles. The monoisotopic (exact) mass is 205 g/mol. The Morgan fingerprint density at radius 2 is 2.07 bits per heavy atom. The van der Waals surface area contributed by atoms with Gasteiger partial charge < -0.3 is 10.1 Å². The second-order valence-corrected chi connectivity index (χ2v) is 3.34. The maximum Gasteiger partial charge on any atom is 0.0590 e. The lowest BCUT2D eigenvalue weighted by Gasteiger charge is -2.07. The summed E-state index contributed by atoms with van der Waals surface area (Å²) in [5, 5.41) is 3.29. The Hall–Kier alpha value is -1.12. The summed E-state index contributed by atoms with van der Waals surface area (Å²) in [5.74, 6) is 0. The van der Waals surface area contributed by atoms with Gasteiger partial charge in [0.25, 0.3) is 0 Å². The summed E-state index contributed by atoms with van der Waals surface area (Å²) in [4.78, 5) is 0. The van der Waals surface area contributed by atoms with E-state index in [1.165, 1.54) is 5.56 Å². The van der Waals surface area contributed by atoms with E-state index in [9.17, 15) is 0 Å². The summed E-state index contributed by atoms with van der Waals surface area (Å²) in [7, 11) is 0. The van der Waals surface area contributed by atoms with Gasteiger partial charge in [0.05, 0.1) is 6.61 Å². The van der Waals surface area contributed by atoms with Gasteiger partial charge in [0.15, 0.2) is 0 Å². The Balaban J connectivity index is 2.20. The number of rotatable bonds is 7. The van der Waals surface area contributed by atoms with E-state index < -0.39 is 0 Å². The summed E-state index contributed by atoms with van der Waals surface area (Å²) in [6.45, 7) is 9.28. The molecule has 0 unspecified atom stereocenters. The largest absolute Gasteiger partial charge is 0.380 e. The molecular formula is C13H19NO. The first-order valence-corrected chi connectivity index (χ1v) is 5.36. The van der Waals surface area contributed by atoms with Gasteiger partial charge in [-0.15, -0.1) is 0 Å². The van der Waals surface area contributed by atoms with E-state index in [-0.39, 0.29) is 0 Å². The fourth-order valence-electron chi connectivity index (χ4n) is 1.30. The average molecular weight is 205 g/mol. The standard InChI is InChI=1S/C13H19NO/c1-3-15-10-9-14-11-12(2)13-7-5-4-6-8-13/h4-8,14H,2-3,9-11H2,1H3. The van der Waals surface area contributed by atoms with E-state index in [4.69, 9.17) is 4.74 Å². The summed E-state index contributed by atoms with van der Waals surface area (Å²) < 4.78 is 5.23. The van der Waals surface area contributed by atoms with Crippen LogP contribution < -0.4 is 5.32 Å². The lowest BCUT2D eigenvalue weighted by atomic mass is 10.1. The van der Waals surface area contributed by atoms with Crippen LogP contribution in [0.1, 0.15) is 12.5 Å². The van der Waals surface area contributed by atoms with Gasteiger partial charge in [-0.3, -0.25) is 0 Å². The minimum atomic E-state index is 0.762. The highest BCUT2D eigenvalue weighted by Gasteiger charge is 1.96. The smallest absolute Gasteiger partial charge is 0.0590 e. The summed E-state index contributed by atoms with van der Waals surface area (Å²) in [6.07, 6.45) is 0. The minimum Gasteiger partial charge on any atom is -0.380 e. The van der Waals surface area contributed by atoms with E-state index in [2.05, 4.69) is 24.0 Å². The molecule has 2 nitrogen and oxygen atoms in total. The zero-order valence-electron chi connectivity index (χ0n) is 9.33. The van der Waals surface area contributed by atoms with Gasteiger partial charge in [-0.2, -0.15) is 0 Å². The maximum atomic E-state index is 5.23. The predicted molar refractivity (Wildman–Crippen MR) is 64.8 cm³/mol. The first kappa shape index (κ1) is 12.0. The summed E-state index contributed by atoms with van der Waals surface area (Å²) >= 11 is 0. The Kier molecular flexibility index (Phi) is 5.74. The number of nitrogens with one attached hydrogen (secondary N) is 1. The van der Waals surface area contributed by atoms with Crippen molar-refractivity contribution >= 4 is 5.57 Å². The maximum absolute atomic E-state index is 5.23. The quantitative estimate of drug-likeness (QED) is 0.690. The molecule has 1 N–H and O–H groups in total. The molecule has 0 radical (unpaired) electrons. The fraction of sp³-hybridized carbons (Fsp3) is 0.385. The first-order valence-electron chi connectivity index (χ1n) is 5.36. The Morgan fingerprint density at radius 3 is 2.73 bits per heavy atom. The third kappa shape index (κ3) is 4.77. The van der Waals surface area contributed by atoms with Crippen LogP contribution in [0, 0.1) is 0 Å². The highest BCUT2D eigenvalue weighted by molar-refractivity contribution is 5.64. The molecule has 2 heteroatoms. The van der Waals surface area contributed by atoms with E-state index in [1.54, 1.807) is 0 Å².